The molecule has 0 saturated carbocycles. The molecule has 1 N–H and O–H groups in total. The fourth-order valence-electron chi connectivity index (χ4n) is 3.84. The van der Waals surface area contributed by atoms with Crippen LogP contribution in [0.25, 0.3) is 0 Å². The van der Waals surface area contributed by atoms with Gasteiger partial charge in [0.2, 0.25) is 0 Å². The molecule has 1 fully saturated rings. The topological polar surface area (TPSA) is 77.2 Å². The molecule has 134 valence electrons. The number of hydrogen-bond donors (Lipinski definition) is 1. The van der Waals surface area contributed by atoms with E-state index >= 15 is 0 Å². The third kappa shape index (κ3) is 2.96. The molecule has 2 atom stereocenters. The molecule has 0 aromatic carbocycles. The van der Waals surface area contributed by atoms with Gasteiger partial charge in [0, 0.05) is 32.9 Å². The van der Waals surface area contributed by atoms with Gasteiger partial charge in [-0.2, -0.15) is 5.10 Å². The summed E-state index contributed by atoms with van der Waals surface area (Å²) in [6.45, 7) is 2.89. The molecule has 0 unspecified atom stereocenters. The van der Waals surface area contributed by atoms with Crippen LogP contribution >= 0.6 is 0 Å². The van der Waals surface area contributed by atoms with E-state index in [0.717, 1.165) is 37.3 Å². The highest BCUT2D eigenvalue weighted by molar-refractivity contribution is 5.95. The second kappa shape index (κ2) is 6.61. The van der Waals surface area contributed by atoms with Crippen LogP contribution in [0.5, 0.6) is 0 Å². The van der Waals surface area contributed by atoms with Crippen molar-refractivity contribution in [3.8, 4) is 0 Å². The van der Waals surface area contributed by atoms with Gasteiger partial charge >= 0.3 is 0 Å². The maximum absolute atomic E-state index is 12.6. The number of fused-ring (bicyclic) bond motifs is 1. The van der Waals surface area contributed by atoms with Crippen LogP contribution in [0.3, 0.4) is 0 Å². The van der Waals surface area contributed by atoms with Crippen molar-refractivity contribution in [1.82, 2.24) is 29.5 Å². The number of carbonyl (C=O) groups is 1. The molecule has 0 aliphatic carbocycles. The highest BCUT2D eigenvalue weighted by atomic mass is 16.5. The number of rotatable bonds is 4. The van der Waals surface area contributed by atoms with E-state index in [1.54, 1.807) is 12.5 Å². The lowest BCUT2D eigenvalue weighted by molar-refractivity contribution is -0.0626. The highest BCUT2D eigenvalue weighted by Gasteiger charge is 2.34. The Balaban J connectivity index is 1.47. The van der Waals surface area contributed by atoms with Crippen LogP contribution in [-0.4, -0.2) is 63.0 Å². The maximum atomic E-state index is 12.6. The average molecular weight is 344 g/mol. The molecule has 1 amide bonds. The second-order valence-electron chi connectivity index (χ2n) is 6.81. The number of imidazole rings is 1. The Hall–Kier alpha value is -2.19. The van der Waals surface area contributed by atoms with Crippen LogP contribution in [0.4, 0.5) is 0 Å². The van der Waals surface area contributed by atoms with Crippen molar-refractivity contribution in [1.29, 1.82) is 0 Å². The Morgan fingerprint density at radius 3 is 3.04 bits per heavy atom. The number of amides is 1. The Kier molecular flexibility index (Phi) is 4.30. The molecule has 25 heavy (non-hydrogen) atoms. The van der Waals surface area contributed by atoms with E-state index in [2.05, 4.69) is 27.3 Å². The molecule has 2 aliphatic heterocycles. The lowest BCUT2D eigenvalue weighted by Gasteiger charge is -2.39. The number of nitrogens with zero attached hydrogens (tertiary/aromatic N) is 5. The highest BCUT2D eigenvalue weighted by Crippen LogP contribution is 2.27. The number of aromatic nitrogens is 4. The number of aryl methyl sites for hydroxylation is 2. The minimum absolute atomic E-state index is 0.0660. The monoisotopic (exact) mass is 344 g/mol. The van der Waals surface area contributed by atoms with Crippen molar-refractivity contribution in [3.05, 3.63) is 35.7 Å². The van der Waals surface area contributed by atoms with Crippen molar-refractivity contribution in [3.63, 3.8) is 0 Å². The van der Waals surface area contributed by atoms with E-state index in [4.69, 9.17) is 4.74 Å². The predicted molar refractivity (Wildman–Crippen MR) is 91.2 cm³/mol. The van der Waals surface area contributed by atoms with Crippen LogP contribution in [0.1, 0.15) is 34.2 Å². The first-order chi connectivity index (χ1) is 12.1. The van der Waals surface area contributed by atoms with E-state index in [1.807, 2.05) is 22.5 Å². The molecular formula is C17H24N6O2. The quantitative estimate of drug-likeness (QED) is 0.867. The maximum Gasteiger partial charge on any atom is 0.254 e. The molecule has 0 radical (unpaired) electrons. The van der Waals surface area contributed by atoms with Crippen LogP contribution in [0.2, 0.25) is 0 Å². The van der Waals surface area contributed by atoms with E-state index < -0.39 is 0 Å². The number of morpholine rings is 1. The van der Waals surface area contributed by atoms with Crippen molar-refractivity contribution in [2.75, 3.05) is 26.7 Å². The zero-order valence-corrected chi connectivity index (χ0v) is 14.7. The van der Waals surface area contributed by atoms with Crippen LogP contribution < -0.4 is 5.32 Å². The summed E-state index contributed by atoms with van der Waals surface area (Å²) >= 11 is 0. The Labute approximate surface area is 146 Å². The number of ether oxygens (including phenoxy) is 1. The Morgan fingerprint density at radius 2 is 2.24 bits per heavy atom. The number of likely N-dealkylation sites (N-methyl/N-ethyl adjacent to an activating group) is 1. The SMILES string of the molecule is CN1CCO[C@@H](CNC(=O)c2cnn3c2CCC3)[C@@H]1c1cncn1C. The summed E-state index contributed by atoms with van der Waals surface area (Å²) in [5.41, 5.74) is 2.83. The molecule has 1 saturated heterocycles. The summed E-state index contributed by atoms with van der Waals surface area (Å²) in [5.74, 6) is -0.0660. The van der Waals surface area contributed by atoms with Gasteiger partial charge in [-0.3, -0.25) is 14.4 Å². The number of carbonyl (C=O) groups excluding carboxylic acids is 1. The van der Waals surface area contributed by atoms with Crippen LogP contribution in [0.15, 0.2) is 18.7 Å². The fourth-order valence-corrected chi connectivity index (χ4v) is 3.84. The molecule has 2 aromatic heterocycles. The van der Waals surface area contributed by atoms with Gasteiger partial charge in [-0.05, 0) is 19.9 Å². The van der Waals surface area contributed by atoms with Crippen molar-refractivity contribution in [2.24, 2.45) is 7.05 Å². The second-order valence-corrected chi connectivity index (χ2v) is 6.81. The minimum atomic E-state index is -0.110. The zero-order chi connectivity index (χ0) is 17.4. The zero-order valence-electron chi connectivity index (χ0n) is 14.7. The number of nitrogens with one attached hydrogen (secondary N) is 1. The van der Waals surface area contributed by atoms with Crippen molar-refractivity contribution < 1.29 is 9.53 Å². The Bertz CT molecular complexity index is 767. The first-order valence-corrected chi connectivity index (χ1v) is 8.76. The molecule has 0 bridgehead atoms. The lowest BCUT2D eigenvalue weighted by Crippen LogP contribution is -2.48. The standard InChI is InChI=1S/C17H24N6O2/c1-21-6-7-25-15(16(21)14-9-18-11-22(14)2)10-19-17(24)12-8-20-23-5-3-4-13(12)23/h8-9,11,15-16H,3-7,10H2,1-2H3,(H,19,24)/t15-,16-/m0/s1. The van der Waals surface area contributed by atoms with Gasteiger partial charge in [-0.15, -0.1) is 0 Å². The third-order valence-corrected chi connectivity index (χ3v) is 5.20. The minimum Gasteiger partial charge on any atom is -0.373 e. The van der Waals surface area contributed by atoms with Gasteiger partial charge < -0.3 is 14.6 Å². The van der Waals surface area contributed by atoms with E-state index in [0.29, 0.717) is 18.7 Å². The summed E-state index contributed by atoms with van der Waals surface area (Å²) in [5, 5.41) is 7.34. The van der Waals surface area contributed by atoms with E-state index in [1.165, 1.54) is 0 Å². The van der Waals surface area contributed by atoms with Gasteiger partial charge in [-0.1, -0.05) is 0 Å². The van der Waals surface area contributed by atoms with Gasteiger partial charge in [0.15, 0.2) is 0 Å². The van der Waals surface area contributed by atoms with Crippen LogP contribution in [-0.2, 0) is 24.8 Å². The summed E-state index contributed by atoms with van der Waals surface area (Å²) in [6, 6.07) is 0.0689. The van der Waals surface area contributed by atoms with Gasteiger partial charge in [0.25, 0.3) is 5.91 Å². The predicted octanol–water partition coefficient (Wildman–Crippen LogP) is 0.365. The molecule has 0 spiro atoms. The summed E-state index contributed by atoms with van der Waals surface area (Å²) in [4.78, 5) is 19.1. The first kappa shape index (κ1) is 16.3. The van der Waals surface area contributed by atoms with Gasteiger partial charge in [0.05, 0.1) is 48.2 Å². The molecular weight excluding hydrogens is 320 g/mol. The molecule has 4 heterocycles. The molecule has 8 heteroatoms. The molecule has 4 rings (SSSR count). The summed E-state index contributed by atoms with van der Waals surface area (Å²) < 4.78 is 9.92. The molecule has 8 nitrogen and oxygen atoms in total. The third-order valence-electron chi connectivity index (χ3n) is 5.20. The number of hydrogen-bond acceptors (Lipinski definition) is 5. The summed E-state index contributed by atoms with van der Waals surface area (Å²) in [6.07, 6.45) is 7.21. The summed E-state index contributed by atoms with van der Waals surface area (Å²) in [7, 11) is 4.07. The largest absolute Gasteiger partial charge is 0.373 e. The van der Waals surface area contributed by atoms with Crippen molar-refractivity contribution in [2.45, 2.75) is 31.5 Å². The van der Waals surface area contributed by atoms with Gasteiger partial charge in [0.1, 0.15) is 0 Å². The Morgan fingerprint density at radius 1 is 1.36 bits per heavy atom. The van der Waals surface area contributed by atoms with E-state index in [9.17, 15) is 4.79 Å². The van der Waals surface area contributed by atoms with E-state index in [-0.39, 0.29) is 18.1 Å². The fraction of sp³-hybridized carbons (Fsp3) is 0.588. The molecule has 2 aliphatic rings. The first-order valence-electron chi connectivity index (χ1n) is 8.76. The normalized spacial score (nSPS) is 23.6. The van der Waals surface area contributed by atoms with Gasteiger partial charge in [-0.25, -0.2) is 4.98 Å². The van der Waals surface area contributed by atoms with Crippen molar-refractivity contribution >= 4 is 5.91 Å². The smallest absolute Gasteiger partial charge is 0.254 e. The average Bonchev–Trinajstić information content (AvgIpc) is 3.29. The molecule has 2 aromatic rings. The lowest BCUT2D eigenvalue weighted by atomic mass is 10.0. The van der Waals surface area contributed by atoms with Crippen LogP contribution in [0, 0.1) is 0 Å².